The zero-order valence-electron chi connectivity index (χ0n) is 11.1. The fourth-order valence-electron chi connectivity index (χ4n) is 2.50. The first-order valence-corrected chi connectivity index (χ1v) is 6.88. The van der Waals surface area contributed by atoms with Crippen molar-refractivity contribution in [1.82, 2.24) is 4.98 Å². The summed E-state index contributed by atoms with van der Waals surface area (Å²) in [7, 11) is 0. The molecule has 0 amide bonds. The minimum absolute atomic E-state index is 0.0821. The summed E-state index contributed by atoms with van der Waals surface area (Å²) in [5, 5.41) is 1.64. The van der Waals surface area contributed by atoms with Crippen molar-refractivity contribution in [3.8, 4) is 0 Å². The summed E-state index contributed by atoms with van der Waals surface area (Å²) in [4.78, 5) is 15.7. The van der Waals surface area contributed by atoms with Crippen molar-refractivity contribution in [3.05, 3.63) is 70.4 Å². The molecule has 0 atom stereocenters. The van der Waals surface area contributed by atoms with Gasteiger partial charge >= 0.3 is 0 Å². The van der Waals surface area contributed by atoms with Crippen LogP contribution in [0.2, 0.25) is 5.02 Å². The molecule has 0 aliphatic heterocycles. The molecule has 2 nitrogen and oxygen atoms in total. The van der Waals surface area contributed by atoms with Gasteiger partial charge in [0.1, 0.15) is 0 Å². The molecule has 100 valence electrons. The SMILES string of the molecule is Cc1cccc2[nH]cc(C(=O)Cc3ccccc3Cl)c12. The number of halogens is 1. The molecule has 0 radical (unpaired) electrons. The molecule has 0 saturated heterocycles. The number of aromatic nitrogens is 1. The van der Waals surface area contributed by atoms with E-state index < -0.39 is 0 Å². The Morgan fingerprint density at radius 1 is 1.15 bits per heavy atom. The normalized spacial score (nSPS) is 10.9. The third-order valence-corrected chi connectivity index (χ3v) is 3.89. The van der Waals surface area contributed by atoms with E-state index in [1.165, 1.54) is 0 Å². The summed E-state index contributed by atoms with van der Waals surface area (Å²) in [5.74, 6) is 0.0821. The molecule has 3 aromatic rings. The topological polar surface area (TPSA) is 32.9 Å². The Labute approximate surface area is 122 Å². The van der Waals surface area contributed by atoms with Gasteiger partial charge in [-0.15, -0.1) is 0 Å². The summed E-state index contributed by atoms with van der Waals surface area (Å²) in [6.07, 6.45) is 2.11. The Morgan fingerprint density at radius 2 is 1.95 bits per heavy atom. The van der Waals surface area contributed by atoms with Gasteiger partial charge in [-0.05, 0) is 30.2 Å². The molecular formula is C17H14ClNO. The van der Waals surface area contributed by atoms with Crippen molar-refractivity contribution in [1.29, 1.82) is 0 Å². The number of fused-ring (bicyclic) bond motifs is 1. The monoisotopic (exact) mass is 283 g/mol. The number of hydrogen-bond donors (Lipinski definition) is 1. The third-order valence-electron chi connectivity index (χ3n) is 3.52. The van der Waals surface area contributed by atoms with Gasteiger partial charge in [0.05, 0.1) is 0 Å². The van der Waals surface area contributed by atoms with E-state index in [0.717, 1.165) is 27.6 Å². The first-order valence-electron chi connectivity index (χ1n) is 6.50. The maximum atomic E-state index is 12.5. The summed E-state index contributed by atoms with van der Waals surface area (Å²) >= 11 is 6.12. The molecule has 0 unspecified atom stereocenters. The molecule has 0 bridgehead atoms. The molecule has 0 saturated carbocycles. The van der Waals surface area contributed by atoms with E-state index in [0.29, 0.717) is 11.4 Å². The Hall–Kier alpha value is -2.06. The van der Waals surface area contributed by atoms with Crippen molar-refractivity contribution in [2.24, 2.45) is 0 Å². The summed E-state index contributed by atoms with van der Waals surface area (Å²) in [6.45, 7) is 2.02. The number of aromatic amines is 1. The van der Waals surface area contributed by atoms with Crippen LogP contribution in [0.5, 0.6) is 0 Å². The molecule has 1 aromatic heterocycles. The van der Waals surface area contributed by atoms with Crippen LogP contribution in [0.1, 0.15) is 21.5 Å². The zero-order chi connectivity index (χ0) is 14.1. The second-order valence-electron chi connectivity index (χ2n) is 4.89. The second kappa shape index (κ2) is 5.14. The highest BCUT2D eigenvalue weighted by molar-refractivity contribution is 6.31. The first-order chi connectivity index (χ1) is 9.66. The molecular weight excluding hydrogens is 270 g/mol. The van der Waals surface area contributed by atoms with Crippen LogP contribution in [0.15, 0.2) is 48.7 Å². The summed E-state index contributed by atoms with van der Waals surface area (Å²) in [6, 6.07) is 13.4. The molecule has 3 heteroatoms. The Balaban J connectivity index is 2.00. The van der Waals surface area contributed by atoms with Gasteiger partial charge in [-0.3, -0.25) is 4.79 Å². The van der Waals surface area contributed by atoms with E-state index in [2.05, 4.69) is 4.98 Å². The van der Waals surface area contributed by atoms with Crippen LogP contribution in [0, 0.1) is 6.92 Å². The van der Waals surface area contributed by atoms with Crippen LogP contribution in [-0.4, -0.2) is 10.8 Å². The molecule has 1 N–H and O–H groups in total. The van der Waals surface area contributed by atoms with Gasteiger partial charge in [-0.1, -0.05) is 41.9 Å². The van der Waals surface area contributed by atoms with E-state index in [9.17, 15) is 4.79 Å². The molecule has 0 spiro atoms. The average molecular weight is 284 g/mol. The number of carbonyl (C=O) groups is 1. The number of rotatable bonds is 3. The van der Waals surface area contributed by atoms with Crippen LogP contribution in [-0.2, 0) is 6.42 Å². The van der Waals surface area contributed by atoms with E-state index in [-0.39, 0.29) is 5.78 Å². The summed E-state index contributed by atoms with van der Waals surface area (Å²) in [5.41, 5.74) is 3.69. The number of H-pyrrole nitrogens is 1. The fraction of sp³-hybridized carbons (Fsp3) is 0.118. The van der Waals surface area contributed by atoms with Crippen LogP contribution >= 0.6 is 11.6 Å². The number of benzene rings is 2. The molecule has 0 aliphatic carbocycles. The number of carbonyl (C=O) groups excluding carboxylic acids is 1. The predicted octanol–water partition coefficient (Wildman–Crippen LogP) is 4.56. The van der Waals surface area contributed by atoms with Crippen LogP contribution in [0.3, 0.4) is 0 Å². The molecule has 3 rings (SSSR count). The Bertz CT molecular complexity index is 789. The van der Waals surface area contributed by atoms with E-state index >= 15 is 0 Å². The Kier molecular flexibility index (Phi) is 3.33. The third kappa shape index (κ3) is 2.23. The van der Waals surface area contributed by atoms with E-state index in [1.807, 2.05) is 49.4 Å². The fourth-order valence-corrected chi connectivity index (χ4v) is 2.70. The van der Waals surface area contributed by atoms with Crippen molar-refractivity contribution in [2.75, 3.05) is 0 Å². The lowest BCUT2D eigenvalue weighted by Gasteiger charge is -2.04. The predicted molar refractivity (Wildman–Crippen MR) is 82.5 cm³/mol. The van der Waals surface area contributed by atoms with Crippen LogP contribution < -0.4 is 0 Å². The van der Waals surface area contributed by atoms with Gasteiger partial charge in [0, 0.05) is 34.1 Å². The van der Waals surface area contributed by atoms with E-state index in [4.69, 9.17) is 11.6 Å². The van der Waals surface area contributed by atoms with Gasteiger partial charge in [0.2, 0.25) is 0 Å². The molecule has 1 heterocycles. The second-order valence-corrected chi connectivity index (χ2v) is 5.30. The minimum atomic E-state index is 0.0821. The largest absolute Gasteiger partial charge is 0.360 e. The number of aryl methyl sites for hydroxylation is 1. The maximum absolute atomic E-state index is 12.5. The Morgan fingerprint density at radius 3 is 2.75 bits per heavy atom. The number of nitrogens with one attached hydrogen (secondary N) is 1. The van der Waals surface area contributed by atoms with Gasteiger partial charge in [-0.2, -0.15) is 0 Å². The number of hydrogen-bond acceptors (Lipinski definition) is 1. The van der Waals surface area contributed by atoms with Gasteiger partial charge in [-0.25, -0.2) is 0 Å². The lowest BCUT2D eigenvalue weighted by atomic mass is 10.00. The number of Topliss-reactive ketones (excluding diaryl/α,β-unsaturated/α-hetero) is 1. The molecule has 0 fully saturated rings. The highest BCUT2D eigenvalue weighted by atomic mass is 35.5. The highest BCUT2D eigenvalue weighted by Crippen LogP contribution is 2.24. The maximum Gasteiger partial charge on any atom is 0.169 e. The van der Waals surface area contributed by atoms with Crippen LogP contribution in [0.4, 0.5) is 0 Å². The van der Waals surface area contributed by atoms with Crippen molar-refractivity contribution < 1.29 is 4.79 Å². The van der Waals surface area contributed by atoms with Crippen molar-refractivity contribution in [2.45, 2.75) is 13.3 Å². The first kappa shape index (κ1) is 12.9. The standard InChI is InChI=1S/C17H14ClNO/c1-11-5-4-8-15-17(11)13(10-19-15)16(20)9-12-6-2-3-7-14(12)18/h2-8,10,19H,9H2,1H3. The van der Waals surface area contributed by atoms with Crippen LogP contribution in [0.25, 0.3) is 10.9 Å². The number of ketones is 1. The molecule has 0 aliphatic rings. The van der Waals surface area contributed by atoms with Gasteiger partial charge < -0.3 is 4.98 Å². The molecule has 2 aromatic carbocycles. The average Bonchev–Trinajstić information content (AvgIpc) is 2.87. The van der Waals surface area contributed by atoms with E-state index in [1.54, 1.807) is 6.20 Å². The molecule has 20 heavy (non-hydrogen) atoms. The summed E-state index contributed by atoms with van der Waals surface area (Å²) < 4.78 is 0. The van der Waals surface area contributed by atoms with Gasteiger partial charge in [0.15, 0.2) is 5.78 Å². The lowest BCUT2D eigenvalue weighted by Crippen LogP contribution is -2.03. The van der Waals surface area contributed by atoms with Crippen molar-refractivity contribution >= 4 is 28.3 Å². The lowest BCUT2D eigenvalue weighted by molar-refractivity contribution is 0.0994. The highest BCUT2D eigenvalue weighted by Gasteiger charge is 2.15. The van der Waals surface area contributed by atoms with Crippen molar-refractivity contribution in [3.63, 3.8) is 0 Å². The quantitative estimate of drug-likeness (QED) is 0.703. The van der Waals surface area contributed by atoms with Gasteiger partial charge in [0.25, 0.3) is 0 Å². The minimum Gasteiger partial charge on any atom is -0.360 e. The smallest absolute Gasteiger partial charge is 0.169 e. The zero-order valence-corrected chi connectivity index (χ0v) is 11.9.